The Balaban J connectivity index is 1.33. The predicted molar refractivity (Wildman–Crippen MR) is 113 cm³/mol. The van der Waals surface area contributed by atoms with Crippen LogP contribution in [0.5, 0.6) is 11.5 Å². The predicted octanol–water partition coefficient (Wildman–Crippen LogP) is 2.12. The minimum Gasteiger partial charge on any atom is -0.453 e. The minimum absolute atomic E-state index is 0.0580. The van der Waals surface area contributed by atoms with Crippen LogP contribution in [0.25, 0.3) is 0 Å². The Bertz CT molecular complexity index is 1210. The van der Waals surface area contributed by atoms with Crippen LogP contribution in [0.4, 0.5) is 10.8 Å². The average Bonchev–Trinajstić information content (AvgIpc) is 3.43. The van der Waals surface area contributed by atoms with Crippen molar-refractivity contribution in [2.45, 2.75) is 6.42 Å². The first-order chi connectivity index (χ1) is 15.5. The number of nitro benzene ring substituents is 1. The summed E-state index contributed by atoms with van der Waals surface area (Å²) in [5.74, 6) is -0.526. The van der Waals surface area contributed by atoms with E-state index in [-0.39, 0.29) is 41.4 Å². The number of hydrogen-bond acceptors (Lipinski definition) is 10. The topological polar surface area (TPSA) is 158 Å². The first kappa shape index (κ1) is 20.9. The molecule has 162 valence electrons. The molecule has 2 heterocycles. The molecule has 4 rings (SSSR count). The Morgan fingerprint density at radius 2 is 2.03 bits per heavy atom. The van der Waals surface area contributed by atoms with Crippen LogP contribution < -0.4 is 20.2 Å². The number of ether oxygens (including phenoxy) is 2. The fourth-order valence-corrected chi connectivity index (χ4v) is 3.45. The van der Waals surface area contributed by atoms with E-state index in [0.717, 1.165) is 11.3 Å². The normalized spacial score (nSPS) is 12.0. The van der Waals surface area contributed by atoms with Crippen molar-refractivity contribution < 1.29 is 24.0 Å². The average molecular weight is 454 g/mol. The molecule has 0 saturated heterocycles. The molecule has 2 aromatic carbocycles. The van der Waals surface area contributed by atoms with Gasteiger partial charge in [0.15, 0.2) is 5.75 Å². The van der Waals surface area contributed by atoms with Gasteiger partial charge in [-0.1, -0.05) is 29.5 Å². The maximum Gasteiger partial charge on any atom is 0.315 e. The Labute approximate surface area is 184 Å². The second-order valence-corrected chi connectivity index (χ2v) is 7.38. The van der Waals surface area contributed by atoms with Crippen LogP contribution in [0.3, 0.4) is 0 Å². The second kappa shape index (κ2) is 9.18. The van der Waals surface area contributed by atoms with Crippen molar-refractivity contribution in [2.75, 3.05) is 12.1 Å². The zero-order valence-electron chi connectivity index (χ0n) is 16.2. The van der Waals surface area contributed by atoms with Crippen LogP contribution in [0.2, 0.25) is 0 Å². The molecule has 12 nitrogen and oxygen atoms in total. The number of rotatable bonds is 7. The lowest BCUT2D eigenvalue weighted by atomic mass is 10.2. The first-order valence-corrected chi connectivity index (χ1v) is 9.90. The van der Waals surface area contributed by atoms with Crippen LogP contribution in [0, 0.1) is 10.1 Å². The summed E-state index contributed by atoms with van der Waals surface area (Å²) in [4.78, 5) is 34.8. The molecule has 0 atom stereocenters. The van der Waals surface area contributed by atoms with Crippen molar-refractivity contribution in [1.29, 1.82) is 0 Å². The van der Waals surface area contributed by atoms with Gasteiger partial charge in [-0.2, -0.15) is 5.10 Å². The molecule has 0 bridgehead atoms. The number of anilines is 1. The Morgan fingerprint density at radius 3 is 2.81 bits per heavy atom. The lowest BCUT2D eigenvalue weighted by Crippen LogP contribution is -2.19. The molecular weight excluding hydrogens is 440 g/mol. The van der Waals surface area contributed by atoms with Crippen LogP contribution in [-0.2, 0) is 11.2 Å². The fourth-order valence-electron chi connectivity index (χ4n) is 2.71. The largest absolute Gasteiger partial charge is 0.453 e. The molecule has 2 N–H and O–H groups in total. The van der Waals surface area contributed by atoms with Crippen LogP contribution >= 0.6 is 11.3 Å². The van der Waals surface area contributed by atoms with Crippen molar-refractivity contribution in [3.63, 3.8) is 0 Å². The van der Waals surface area contributed by atoms with E-state index in [9.17, 15) is 19.7 Å². The number of nitro groups is 1. The Kier molecular flexibility index (Phi) is 5.98. The van der Waals surface area contributed by atoms with E-state index in [1.165, 1.54) is 18.3 Å². The fraction of sp³-hybridized carbons (Fsp3) is 0.105. The number of hydrogen-bond donors (Lipinski definition) is 2. The van der Waals surface area contributed by atoms with E-state index in [4.69, 9.17) is 9.47 Å². The van der Waals surface area contributed by atoms with Crippen molar-refractivity contribution in [3.05, 3.63) is 68.7 Å². The Hall–Kier alpha value is -4.39. The monoisotopic (exact) mass is 454 g/mol. The van der Waals surface area contributed by atoms with E-state index in [1.807, 2.05) is 0 Å². The molecule has 0 radical (unpaired) electrons. The lowest BCUT2D eigenvalue weighted by Gasteiger charge is -2.00. The number of aromatic nitrogens is 2. The van der Waals surface area contributed by atoms with E-state index in [1.54, 1.807) is 30.3 Å². The molecule has 0 unspecified atom stereocenters. The molecule has 0 aliphatic carbocycles. The Morgan fingerprint density at radius 1 is 1.22 bits per heavy atom. The molecular formula is C19H14N6O6S. The van der Waals surface area contributed by atoms with Gasteiger partial charge in [0, 0.05) is 17.2 Å². The zero-order valence-corrected chi connectivity index (χ0v) is 17.0. The van der Waals surface area contributed by atoms with Crippen molar-refractivity contribution in [2.24, 2.45) is 5.10 Å². The maximum absolute atomic E-state index is 12.1. The highest BCUT2D eigenvalue weighted by atomic mass is 32.1. The third kappa shape index (κ3) is 4.84. The molecule has 13 heteroatoms. The molecule has 32 heavy (non-hydrogen) atoms. The summed E-state index contributed by atoms with van der Waals surface area (Å²) in [5.41, 5.74) is 2.88. The number of carbonyl (C=O) groups is 2. The van der Waals surface area contributed by atoms with Crippen LogP contribution in [0.1, 0.15) is 20.9 Å². The quantitative estimate of drug-likeness (QED) is 0.312. The summed E-state index contributed by atoms with van der Waals surface area (Å²) in [6, 6.07) is 11.4. The molecule has 1 aliphatic rings. The van der Waals surface area contributed by atoms with Crippen molar-refractivity contribution in [1.82, 2.24) is 15.6 Å². The van der Waals surface area contributed by atoms with Gasteiger partial charge >= 0.3 is 5.69 Å². The van der Waals surface area contributed by atoms with E-state index < -0.39 is 10.8 Å². The van der Waals surface area contributed by atoms with Crippen molar-refractivity contribution in [3.8, 4) is 11.5 Å². The summed E-state index contributed by atoms with van der Waals surface area (Å²) >= 11 is 1.06. The molecule has 0 spiro atoms. The number of hydrazone groups is 1. The molecule has 1 aliphatic heterocycles. The number of benzene rings is 2. The summed E-state index contributed by atoms with van der Waals surface area (Å²) in [5, 5.41) is 25.9. The zero-order chi connectivity index (χ0) is 22.5. The molecule has 0 saturated carbocycles. The van der Waals surface area contributed by atoms with E-state index in [0.29, 0.717) is 16.1 Å². The standard InChI is InChI=1S/C19H14N6O6S/c26-15(8-16-23-24-19(32-16)21-18(27)12-4-2-1-3-5-12)22-20-9-11-6-13(25(28)29)17-14(7-11)30-10-31-17/h1-7,9H,8,10H2,(H,22,26)(H,21,24,27)/b20-9-. The van der Waals surface area contributed by atoms with Gasteiger partial charge in [0.1, 0.15) is 5.01 Å². The molecule has 2 amide bonds. The summed E-state index contributed by atoms with van der Waals surface area (Å²) in [7, 11) is 0. The second-order valence-electron chi connectivity index (χ2n) is 6.32. The number of nitrogens with zero attached hydrogens (tertiary/aromatic N) is 4. The van der Waals surface area contributed by atoms with Gasteiger partial charge in [0.05, 0.1) is 17.6 Å². The number of nitrogens with one attached hydrogen (secondary N) is 2. The maximum atomic E-state index is 12.1. The first-order valence-electron chi connectivity index (χ1n) is 9.08. The number of fused-ring (bicyclic) bond motifs is 1. The highest BCUT2D eigenvalue weighted by molar-refractivity contribution is 7.15. The molecule has 3 aromatic rings. The summed E-state index contributed by atoms with van der Waals surface area (Å²) in [6.07, 6.45) is 1.13. The van der Waals surface area contributed by atoms with Gasteiger partial charge in [0.2, 0.25) is 23.6 Å². The van der Waals surface area contributed by atoms with Crippen LogP contribution in [-0.4, -0.2) is 39.9 Å². The van der Waals surface area contributed by atoms with Gasteiger partial charge in [-0.15, -0.1) is 10.2 Å². The smallest absolute Gasteiger partial charge is 0.315 e. The third-order valence-electron chi connectivity index (χ3n) is 4.11. The summed E-state index contributed by atoms with van der Waals surface area (Å²) < 4.78 is 10.3. The highest BCUT2D eigenvalue weighted by Crippen LogP contribution is 2.41. The summed E-state index contributed by atoms with van der Waals surface area (Å²) in [6.45, 7) is -0.108. The lowest BCUT2D eigenvalue weighted by molar-refractivity contribution is -0.385. The van der Waals surface area contributed by atoms with Gasteiger partial charge in [-0.05, 0) is 18.2 Å². The molecule has 0 fully saturated rings. The minimum atomic E-state index is -0.590. The van der Waals surface area contributed by atoms with Gasteiger partial charge in [0.25, 0.3) is 5.91 Å². The van der Waals surface area contributed by atoms with E-state index >= 15 is 0 Å². The molecule has 1 aromatic heterocycles. The number of carbonyl (C=O) groups excluding carboxylic acids is 2. The highest BCUT2D eigenvalue weighted by Gasteiger charge is 2.26. The van der Waals surface area contributed by atoms with Crippen LogP contribution in [0.15, 0.2) is 47.6 Å². The van der Waals surface area contributed by atoms with E-state index in [2.05, 4.69) is 26.0 Å². The van der Waals surface area contributed by atoms with Gasteiger partial charge in [-0.3, -0.25) is 25.0 Å². The van der Waals surface area contributed by atoms with Crippen molar-refractivity contribution >= 4 is 40.2 Å². The van der Waals surface area contributed by atoms with Gasteiger partial charge < -0.3 is 9.47 Å². The third-order valence-corrected chi connectivity index (χ3v) is 4.95. The SMILES string of the molecule is O=C(Cc1nnc(NC(=O)c2ccccc2)s1)N/N=C\c1cc2c(c([N+](=O)[O-])c1)OCO2. The number of amides is 2. The van der Waals surface area contributed by atoms with Gasteiger partial charge in [-0.25, -0.2) is 5.43 Å².